The van der Waals surface area contributed by atoms with E-state index in [4.69, 9.17) is 4.74 Å². The standard InChI is InChI=1S/C14H18N2O4S/c1-9(2)15-14(19)16-13(18)10(3)20-12(17)5-4-11-6-7-21-8-11/h4-10H,1-3H3,(H2,15,16,18,19)/b5-4+/t10-/m1/s1. The molecule has 0 radical (unpaired) electrons. The normalized spacial score (nSPS) is 12.2. The number of urea groups is 1. The van der Waals surface area contributed by atoms with Gasteiger partial charge in [-0.25, -0.2) is 9.59 Å². The third-order valence-corrected chi connectivity index (χ3v) is 2.98. The number of imide groups is 1. The Kier molecular flexibility index (Phi) is 6.61. The molecule has 7 heteroatoms. The van der Waals surface area contributed by atoms with Crippen LogP contribution in [0.4, 0.5) is 4.79 Å². The fourth-order valence-corrected chi connectivity index (χ4v) is 1.94. The Balaban J connectivity index is 2.41. The topological polar surface area (TPSA) is 84.5 Å². The van der Waals surface area contributed by atoms with Crippen LogP contribution in [-0.2, 0) is 14.3 Å². The van der Waals surface area contributed by atoms with E-state index in [-0.39, 0.29) is 6.04 Å². The van der Waals surface area contributed by atoms with E-state index < -0.39 is 24.0 Å². The van der Waals surface area contributed by atoms with Crippen molar-refractivity contribution in [2.75, 3.05) is 0 Å². The van der Waals surface area contributed by atoms with Gasteiger partial charge in [-0.1, -0.05) is 0 Å². The largest absolute Gasteiger partial charge is 0.449 e. The van der Waals surface area contributed by atoms with Crippen LogP contribution in [-0.4, -0.2) is 30.1 Å². The Hall–Kier alpha value is -2.15. The van der Waals surface area contributed by atoms with Crippen molar-refractivity contribution in [3.63, 3.8) is 0 Å². The van der Waals surface area contributed by atoms with Crippen molar-refractivity contribution >= 4 is 35.3 Å². The number of thiophene rings is 1. The quantitative estimate of drug-likeness (QED) is 0.643. The summed E-state index contributed by atoms with van der Waals surface area (Å²) in [5, 5.41) is 8.35. The first-order chi connectivity index (χ1) is 9.88. The lowest BCUT2D eigenvalue weighted by molar-refractivity contribution is -0.149. The maximum Gasteiger partial charge on any atom is 0.331 e. The summed E-state index contributed by atoms with van der Waals surface area (Å²) >= 11 is 1.51. The molecule has 0 aliphatic heterocycles. The van der Waals surface area contributed by atoms with E-state index in [1.54, 1.807) is 19.9 Å². The highest BCUT2D eigenvalue weighted by molar-refractivity contribution is 7.08. The maximum absolute atomic E-state index is 11.6. The van der Waals surface area contributed by atoms with Gasteiger partial charge in [-0.15, -0.1) is 0 Å². The van der Waals surface area contributed by atoms with Gasteiger partial charge in [0, 0.05) is 12.1 Å². The van der Waals surface area contributed by atoms with Gasteiger partial charge in [0.25, 0.3) is 5.91 Å². The molecule has 1 aromatic heterocycles. The molecule has 0 unspecified atom stereocenters. The monoisotopic (exact) mass is 310 g/mol. The molecule has 0 saturated heterocycles. The molecule has 0 fully saturated rings. The van der Waals surface area contributed by atoms with Crippen LogP contribution in [0, 0.1) is 0 Å². The number of carbonyl (C=O) groups is 3. The molecule has 0 aromatic carbocycles. The molecule has 21 heavy (non-hydrogen) atoms. The second-order valence-corrected chi connectivity index (χ2v) is 5.37. The number of hydrogen-bond donors (Lipinski definition) is 2. The molecule has 1 heterocycles. The van der Waals surface area contributed by atoms with Crippen LogP contribution in [0.5, 0.6) is 0 Å². The summed E-state index contributed by atoms with van der Waals surface area (Å²) in [6.45, 7) is 4.93. The first-order valence-electron chi connectivity index (χ1n) is 6.40. The van der Waals surface area contributed by atoms with Gasteiger partial charge in [-0.2, -0.15) is 11.3 Å². The second kappa shape index (κ2) is 8.21. The van der Waals surface area contributed by atoms with Crippen molar-refractivity contribution in [1.29, 1.82) is 0 Å². The summed E-state index contributed by atoms with van der Waals surface area (Å²) in [6, 6.07) is 1.14. The number of ether oxygens (including phenoxy) is 1. The molecule has 2 N–H and O–H groups in total. The zero-order chi connectivity index (χ0) is 15.8. The molecule has 0 spiro atoms. The number of nitrogens with one attached hydrogen (secondary N) is 2. The van der Waals surface area contributed by atoms with Gasteiger partial charge >= 0.3 is 12.0 Å². The SMILES string of the molecule is CC(C)NC(=O)NC(=O)[C@@H](C)OC(=O)/C=C/c1ccsc1. The molecular formula is C14H18N2O4S. The zero-order valence-corrected chi connectivity index (χ0v) is 12.9. The Bertz CT molecular complexity index is 523. The van der Waals surface area contributed by atoms with Crippen molar-refractivity contribution in [2.24, 2.45) is 0 Å². The van der Waals surface area contributed by atoms with Crippen LogP contribution in [0.15, 0.2) is 22.9 Å². The molecule has 0 aliphatic carbocycles. The van der Waals surface area contributed by atoms with E-state index in [9.17, 15) is 14.4 Å². The summed E-state index contributed by atoms with van der Waals surface area (Å²) in [5.41, 5.74) is 0.880. The van der Waals surface area contributed by atoms with E-state index in [1.807, 2.05) is 16.8 Å². The van der Waals surface area contributed by atoms with E-state index in [0.29, 0.717) is 0 Å². The van der Waals surface area contributed by atoms with Gasteiger partial charge in [0.05, 0.1) is 0 Å². The summed E-state index contributed by atoms with van der Waals surface area (Å²) in [6.07, 6.45) is 1.78. The van der Waals surface area contributed by atoms with Gasteiger partial charge in [0.2, 0.25) is 0 Å². The minimum atomic E-state index is -1.05. The molecule has 0 aliphatic rings. The van der Waals surface area contributed by atoms with Gasteiger partial charge in [0.15, 0.2) is 6.10 Å². The Morgan fingerprint density at radius 1 is 1.29 bits per heavy atom. The highest BCUT2D eigenvalue weighted by Crippen LogP contribution is 2.07. The van der Waals surface area contributed by atoms with Crippen LogP contribution >= 0.6 is 11.3 Å². The Morgan fingerprint density at radius 2 is 2.00 bits per heavy atom. The smallest absolute Gasteiger partial charge is 0.331 e. The van der Waals surface area contributed by atoms with Crippen molar-refractivity contribution in [2.45, 2.75) is 32.9 Å². The number of amides is 3. The second-order valence-electron chi connectivity index (χ2n) is 4.59. The van der Waals surface area contributed by atoms with Gasteiger partial charge in [-0.05, 0) is 49.2 Å². The van der Waals surface area contributed by atoms with E-state index in [1.165, 1.54) is 24.3 Å². The van der Waals surface area contributed by atoms with Crippen molar-refractivity contribution in [3.8, 4) is 0 Å². The molecule has 6 nitrogen and oxygen atoms in total. The lowest BCUT2D eigenvalue weighted by Gasteiger charge is -2.13. The molecule has 114 valence electrons. The van der Waals surface area contributed by atoms with Crippen LogP contribution in [0.2, 0.25) is 0 Å². The first-order valence-corrected chi connectivity index (χ1v) is 7.35. The number of hydrogen-bond acceptors (Lipinski definition) is 5. The molecule has 1 aromatic rings. The van der Waals surface area contributed by atoms with Gasteiger partial charge in [0.1, 0.15) is 0 Å². The fourth-order valence-electron chi connectivity index (χ4n) is 1.31. The summed E-state index contributed by atoms with van der Waals surface area (Å²) in [5.74, 6) is -1.32. The Morgan fingerprint density at radius 3 is 2.57 bits per heavy atom. The van der Waals surface area contributed by atoms with E-state index >= 15 is 0 Å². The third kappa shape index (κ3) is 6.71. The third-order valence-electron chi connectivity index (χ3n) is 2.27. The number of esters is 1. The van der Waals surface area contributed by atoms with E-state index in [0.717, 1.165) is 5.56 Å². The summed E-state index contributed by atoms with van der Waals surface area (Å²) in [4.78, 5) is 34.5. The minimum absolute atomic E-state index is 0.0933. The van der Waals surface area contributed by atoms with Crippen LogP contribution in [0.3, 0.4) is 0 Å². The number of rotatable bonds is 5. The van der Waals surface area contributed by atoms with Crippen LogP contribution in [0.1, 0.15) is 26.3 Å². The molecule has 1 atom stereocenters. The number of carbonyl (C=O) groups excluding carboxylic acids is 3. The molecule has 0 bridgehead atoms. The highest BCUT2D eigenvalue weighted by atomic mass is 32.1. The predicted octanol–water partition coefficient (Wildman–Crippen LogP) is 1.93. The van der Waals surface area contributed by atoms with Crippen molar-refractivity contribution in [3.05, 3.63) is 28.5 Å². The lowest BCUT2D eigenvalue weighted by Crippen LogP contribution is -2.46. The average Bonchev–Trinajstić information content (AvgIpc) is 2.88. The Labute approximate surface area is 127 Å². The first kappa shape index (κ1) is 16.9. The molecule has 1 rings (SSSR count). The fraction of sp³-hybridized carbons (Fsp3) is 0.357. The van der Waals surface area contributed by atoms with Gasteiger partial charge in [-0.3, -0.25) is 10.1 Å². The van der Waals surface area contributed by atoms with Crippen LogP contribution < -0.4 is 10.6 Å². The maximum atomic E-state index is 11.6. The van der Waals surface area contributed by atoms with Crippen molar-refractivity contribution < 1.29 is 19.1 Å². The van der Waals surface area contributed by atoms with E-state index in [2.05, 4.69) is 10.6 Å². The average molecular weight is 310 g/mol. The minimum Gasteiger partial charge on any atom is -0.449 e. The van der Waals surface area contributed by atoms with Crippen molar-refractivity contribution in [1.82, 2.24) is 10.6 Å². The molecule has 3 amide bonds. The lowest BCUT2D eigenvalue weighted by atomic mass is 10.3. The molecule has 0 saturated carbocycles. The zero-order valence-electron chi connectivity index (χ0n) is 12.1. The summed E-state index contributed by atoms with van der Waals surface area (Å²) < 4.78 is 4.90. The molecular weight excluding hydrogens is 292 g/mol. The van der Waals surface area contributed by atoms with Crippen LogP contribution in [0.25, 0.3) is 6.08 Å². The van der Waals surface area contributed by atoms with Gasteiger partial charge < -0.3 is 10.1 Å². The summed E-state index contributed by atoms with van der Waals surface area (Å²) in [7, 11) is 0. The highest BCUT2D eigenvalue weighted by Gasteiger charge is 2.19. The predicted molar refractivity (Wildman–Crippen MR) is 80.7 cm³/mol.